The molecule has 8 heteroatoms. The van der Waals surface area contributed by atoms with Gasteiger partial charge in [-0.3, -0.25) is 10.1 Å². The van der Waals surface area contributed by atoms with Crippen molar-refractivity contribution in [3.05, 3.63) is 74.5 Å². The van der Waals surface area contributed by atoms with E-state index in [2.05, 4.69) is 36.5 Å². The zero-order chi connectivity index (χ0) is 18.7. The van der Waals surface area contributed by atoms with Gasteiger partial charge in [-0.2, -0.15) is 0 Å². The zero-order valence-electron chi connectivity index (χ0n) is 14.2. The summed E-state index contributed by atoms with van der Waals surface area (Å²) in [4.78, 5) is 19.3. The van der Waals surface area contributed by atoms with E-state index in [0.717, 1.165) is 21.3 Å². The van der Waals surface area contributed by atoms with Crippen LogP contribution in [0.4, 0.5) is 28.7 Å². The first-order chi connectivity index (χ1) is 12.5. The molecule has 132 valence electrons. The summed E-state index contributed by atoms with van der Waals surface area (Å²) in [5.41, 5.74) is 3.22. The molecular formula is C18H16BrN5O2. The molecule has 3 aromatic rings. The lowest BCUT2D eigenvalue weighted by molar-refractivity contribution is -0.383. The Hall–Kier alpha value is -3.00. The lowest BCUT2D eigenvalue weighted by Crippen LogP contribution is -2.06. The number of anilines is 4. The predicted octanol–water partition coefficient (Wildman–Crippen LogP) is 5.25. The molecule has 0 aliphatic rings. The fourth-order valence-corrected chi connectivity index (χ4v) is 2.81. The predicted molar refractivity (Wildman–Crippen MR) is 105 cm³/mol. The molecule has 0 aliphatic heterocycles. The maximum absolute atomic E-state index is 11.7. The molecule has 0 atom stereocenters. The van der Waals surface area contributed by atoms with Gasteiger partial charge < -0.3 is 10.6 Å². The Kier molecular flexibility index (Phi) is 5.13. The highest BCUT2D eigenvalue weighted by molar-refractivity contribution is 9.10. The largest absolute Gasteiger partial charge is 0.353 e. The number of hydrogen-bond donors (Lipinski definition) is 2. The Morgan fingerprint density at radius 3 is 2.31 bits per heavy atom. The lowest BCUT2D eigenvalue weighted by atomic mass is 10.1. The van der Waals surface area contributed by atoms with Crippen LogP contribution < -0.4 is 10.6 Å². The number of para-hydroxylation sites is 1. The van der Waals surface area contributed by atoms with Gasteiger partial charge in [0.05, 0.1) is 10.6 Å². The summed E-state index contributed by atoms with van der Waals surface area (Å²) in [7, 11) is 0. The van der Waals surface area contributed by atoms with E-state index < -0.39 is 4.92 Å². The summed E-state index contributed by atoms with van der Waals surface area (Å²) in [5.74, 6) is 0.248. The molecule has 1 aromatic heterocycles. The van der Waals surface area contributed by atoms with Gasteiger partial charge in [-0.25, -0.2) is 9.97 Å². The minimum absolute atomic E-state index is 0.115. The Labute approximate surface area is 158 Å². The standard InChI is InChI=1S/C18H16BrN5O2/c1-11-7-8-12(2)15(9-11)23-18-16(24(25)26)17(20-10-21-18)22-14-6-4-3-5-13(14)19/h3-10H,1-2H3,(H2,20,21,22,23). The molecule has 1 heterocycles. The molecule has 0 spiro atoms. The second kappa shape index (κ2) is 7.49. The van der Waals surface area contributed by atoms with Gasteiger partial charge in [0, 0.05) is 10.2 Å². The van der Waals surface area contributed by atoms with E-state index in [1.807, 2.05) is 50.2 Å². The molecule has 3 rings (SSSR count). The maximum Gasteiger partial charge on any atom is 0.353 e. The Morgan fingerprint density at radius 1 is 1.00 bits per heavy atom. The molecular weight excluding hydrogens is 398 g/mol. The third-order valence-corrected chi connectivity index (χ3v) is 4.47. The number of nitro groups is 1. The highest BCUT2D eigenvalue weighted by Gasteiger charge is 2.24. The Morgan fingerprint density at radius 2 is 1.65 bits per heavy atom. The van der Waals surface area contributed by atoms with Crippen molar-refractivity contribution in [3.63, 3.8) is 0 Å². The normalized spacial score (nSPS) is 10.4. The molecule has 0 radical (unpaired) electrons. The van der Waals surface area contributed by atoms with Gasteiger partial charge in [0.1, 0.15) is 6.33 Å². The molecule has 0 unspecified atom stereocenters. The minimum atomic E-state index is -0.493. The smallest absolute Gasteiger partial charge is 0.334 e. The van der Waals surface area contributed by atoms with Gasteiger partial charge in [0.2, 0.25) is 11.6 Å². The third kappa shape index (κ3) is 3.80. The number of aryl methyl sites for hydroxylation is 2. The quantitative estimate of drug-likeness (QED) is 0.438. The van der Waals surface area contributed by atoms with Crippen molar-refractivity contribution in [3.8, 4) is 0 Å². The number of nitrogens with zero attached hydrogens (tertiary/aromatic N) is 3. The number of nitrogens with one attached hydrogen (secondary N) is 2. The lowest BCUT2D eigenvalue weighted by Gasteiger charge is -2.12. The second-order valence-electron chi connectivity index (χ2n) is 5.72. The van der Waals surface area contributed by atoms with Crippen LogP contribution >= 0.6 is 15.9 Å². The molecule has 0 fully saturated rings. The third-order valence-electron chi connectivity index (χ3n) is 3.78. The van der Waals surface area contributed by atoms with Crippen LogP contribution in [0.2, 0.25) is 0 Å². The average Bonchev–Trinajstić information content (AvgIpc) is 2.60. The molecule has 0 saturated heterocycles. The van der Waals surface area contributed by atoms with Crippen molar-refractivity contribution in [2.24, 2.45) is 0 Å². The second-order valence-corrected chi connectivity index (χ2v) is 6.58. The monoisotopic (exact) mass is 413 g/mol. The highest BCUT2D eigenvalue weighted by Crippen LogP contribution is 2.35. The van der Waals surface area contributed by atoms with E-state index in [9.17, 15) is 10.1 Å². The van der Waals surface area contributed by atoms with E-state index in [0.29, 0.717) is 5.69 Å². The van der Waals surface area contributed by atoms with Crippen molar-refractivity contribution in [2.75, 3.05) is 10.6 Å². The first-order valence-electron chi connectivity index (χ1n) is 7.81. The zero-order valence-corrected chi connectivity index (χ0v) is 15.7. The topological polar surface area (TPSA) is 93.0 Å². The van der Waals surface area contributed by atoms with Crippen LogP contribution in [0.1, 0.15) is 11.1 Å². The van der Waals surface area contributed by atoms with E-state index >= 15 is 0 Å². The first kappa shape index (κ1) is 17.8. The van der Waals surface area contributed by atoms with Crippen LogP contribution in [0.3, 0.4) is 0 Å². The van der Waals surface area contributed by atoms with Gasteiger partial charge in [-0.1, -0.05) is 24.3 Å². The van der Waals surface area contributed by atoms with Crippen molar-refractivity contribution < 1.29 is 4.92 Å². The van der Waals surface area contributed by atoms with Crippen molar-refractivity contribution >= 4 is 44.6 Å². The number of hydrogen-bond acceptors (Lipinski definition) is 6. The summed E-state index contributed by atoms with van der Waals surface area (Å²) in [6, 6.07) is 13.2. The van der Waals surface area contributed by atoms with Gasteiger partial charge >= 0.3 is 5.69 Å². The Balaban J connectivity index is 2.03. The maximum atomic E-state index is 11.7. The Bertz CT molecular complexity index is 978. The number of aromatic nitrogens is 2. The van der Waals surface area contributed by atoms with Crippen molar-refractivity contribution in [1.82, 2.24) is 9.97 Å². The highest BCUT2D eigenvalue weighted by atomic mass is 79.9. The number of halogens is 1. The van der Waals surface area contributed by atoms with E-state index in [1.54, 1.807) is 6.07 Å². The van der Waals surface area contributed by atoms with Gasteiger partial charge in [-0.15, -0.1) is 0 Å². The molecule has 0 saturated carbocycles. The molecule has 0 aliphatic carbocycles. The molecule has 26 heavy (non-hydrogen) atoms. The first-order valence-corrected chi connectivity index (χ1v) is 8.60. The summed E-state index contributed by atoms with van der Waals surface area (Å²) in [6.45, 7) is 3.88. The van der Waals surface area contributed by atoms with E-state index in [1.165, 1.54) is 6.33 Å². The van der Waals surface area contributed by atoms with Crippen LogP contribution in [-0.2, 0) is 0 Å². The fraction of sp³-hybridized carbons (Fsp3) is 0.111. The van der Waals surface area contributed by atoms with Crippen LogP contribution in [0.15, 0.2) is 53.3 Å². The average molecular weight is 414 g/mol. The summed E-state index contributed by atoms with van der Waals surface area (Å²) >= 11 is 3.41. The molecule has 0 bridgehead atoms. The summed E-state index contributed by atoms with van der Waals surface area (Å²) in [5, 5.41) is 17.7. The van der Waals surface area contributed by atoms with Crippen LogP contribution in [-0.4, -0.2) is 14.9 Å². The van der Waals surface area contributed by atoms with Crippen LogP contribution in [0.5, 0.6) is 0 Å². The number of benzene rings is 2. The summed E-state index contributed by atoms with van der Waals surface area (Å²) < 4.78 is 0.775. The van der Waals surface area contributed by atoms with E-state index in [-0.39, 0.29) is 17.3 Å². The molecule has 2 aromatic carbocycles. The number of rotatable bonds is 5. The van der Waals surface area contributed by atoms with Crippen molar-refractivity contribution in [1.29, 1.82) is 0 Å². The van der Waals surface area contributed by atoms with Gasteiger partial charge in [0.25, 0.3) is 0 Å². The van der Waals surface area contributed by atoms with E-state index in [4.69, 9.17) is 0 Å². The van der Waals surface area contributed by atoms with Crippen molar-refractivity contribution in [2.45, 2.75) is 13.8 Å². The van der Waals surface area contributed by atoms with Gasteiger partial charge in [0.15, 0.2) is 0 Å². The fourth-order valence-electron chi connectivity index (χ4n) is 2.42. The molecule has 7 nitrogen and oxygen atoms in total. The SMILES string of the molecule is Cc1ccc(C)c(Nc2ncnc(Nc3ccccc3Br)c2[N+](=O)[O-])c1. The minimum Gasteiger partial charge on any atom is -0.334 e. The van der Waals surface area contributed by atoms with Crippen LogP contribution in [0.25, 0.3) is 0 Å². The van der Waals surface area contributed by atoms with Gasteiger partial charge in [-0.05, 0) is 59.1 Å². The van der Waals surface area contributed by atoms with Crippen LogP contribution in [0, 0.1) is 24.0 Å². The summed E-state index contributed by atoms with van der Waals surface area (Å²) in [6.07, 6.45) is 1.29. The molecule has 2 N–H and O–H groups in total. The molecule has 0 amide bonds.